The van der Waals surface area contributed by atoms with Crippen LogP contribution in [0, 0.1) is 17.8 Å². The van der Waals surface area contributed by atoms with E-state index in [4.69, 9.17) is 4.74 Å². The van der Waals surface area contributed by atoms with Crippen LogP contribution in [-0.2, 0) is 4.74 Å². The molecule has 1 heterocycles. The molecule has 0 radical (unpaired) electrons. The Hall–Kier alpha value is -1.16. The fourth-order valence-corrected chi connectivity index (χ4v) is 7.33. The smallest absolute Gasteiger partial charge is 0.0628 e. The van der Waals surface area contributed by atoms with Crippen molar-refractivity contribution < 1.29 is 4.74 Å². The van der Waals surface area contributed by atoms with Gasteiger partial charge in [0, 0.05) is 12.1 Å². The average Bonchev–Trinajstić information content (AvgIpc) is 2.82. The van der Waals surface area contributed by atoms with Gasteiger partial charge in [0.2, 0.25) is 0 Å². The van der Waals surface area contributed by atoms with E-state index in [1.165, 1.54) is 44.1 Å². The van der Waals surface area contributed by atoms with Crippen molar-refractivity contribution in [2.24, 2.45) is 17.8 Å². The minimum absolute atomic E-state index is 0.345. The number of rotatable bonds is 10. The minimum atomic E-state index is 0.345. The molecular formula is C30H50N2O. The number of hydrogen-bond donors (Lipinski definition) is 0. The monoisotopic (exact) mass is 454 g/mol. The van der Waals surface area contributed by atoms with E-state index in [0.717, 1.165) is 37.3 Å². The Balaban J connectivity index is 1.94. The van der Waals surface area contributed by atoms with Crippen LogP contribution >= 0.6 is 0 Å². The van der Waals surface area contributed by atoms with Crippen molar-refractivity contribution in [3.8, 4) is 0 Å². The van der Waals surface area contributed by atoms with Gasteiger partial charge in [-0.05, 0) is 101 Å². The highest BCUT2D eigenvalue weighted by Gasteiger charge is 2.51. The summed E-state index contributed by atoms with van der Waals surface area (Å²) in [6.07, 6.45) is 12.3. The average molecular weight is 455 g/mol. The van der Waals surface area contributed by atoms with E-state index in [1.54, 1.807) is 0 Å². The molecule has 2 aliphatic carbocycles. The van der Waals surface area contributed by atoms with E-state index >= 15 is 0 Å². The van der Waals surface area contributed by atoms with Gasteiger partial charge in [0.25, 0.3) is 0 Å². The standard InChI is InChI=1S/C30H50N2O/c1-9-14-25(22(8)21(6)7)30-26-17-15-23(31(10-2)11-3)19-28(26)33-29-20-24(16-18-27(29)30)32(12-4)13-5/h9,14,23-24,26-30H,1,6,8,10-13,15-20H2,2-5,7H3/b25-14+. The zero-order valence-electron chi connectivity index (χ0n) is 22.2. The predicted octanol–water partition coefficient (Wildman–Crippen LogP) is 6.64. The third-order valence-electron chi connectivity index (χ3n) is 9.08. The molecule has 3 rings (SSSR count). The first-order valence-electron chi connectivity index (χ1n) is 13.7. The second-order valence-corrected chi connectivity index (χ2v) is 10.6. The number of nitrogens with zero attached hydrogens (tertiary/aromatic N) is 2. The molecule has 3 fully saturated rings. The van der Waals surface area contributed by atoms with Gasteiger partial charge in [-0.1, -0.05) is 65.2 Å². The molecule has 0 aromatic carbocycles. The highest BCUT2D eigenvalue weighted by molar-refractivity contribution is 5.46. The quantitative estimate of drug-likeness (QED) is 0.344. The lowest BCUT2D eigenvalue weighted by Crippen LogP contribution is -2.57. The molecule has 0 aromatic rings. The van der Waals surface area contributed by atoms with Gasteiger partial charge < -0.3 is 14.5 Å². The topological polar surface area (TPSA) is 15.7 Å². The summed E-state index contributed by atoms with van der Waals surface area (Å²) >= 11 is 0. The van der Waals surface area contributed by atoms with Gasteiger partial charge in [0.1, 0.15) is 0 Å². The Morgan fingerprint density at radius 2 is 1.27 bits per heavy atom. The third-order valence-corrected chi connectivity index (χ3v) is 9.08. The molecule has 6 atom stereocenters. The number of fused-ring (bicyclic) bond motifs is 2. The maximum atomic E-state index is 7.07. The summed E-state index contributed by atoms with van der Waals surface area (Å²) in [5, 5.41) is 0. The highest BCUT2D eigenvalue weighted by Crippen LogP contribution is 2.52. The van der Waals surface area contributed by atoms with Crippen LogP contribution < -0.4 is 0 Å². The Morgan fingerprint density at radius 3 is 1.64 bits per heavy atom. The van der Waals surface area contributed by atoms with Crippen molar-refractivity contribution in [3.05, 3.63) is 48.6 Å². The van der Waals surface area contributed by atoms with Gasteiger partial charge in [-0.15, -0.1) is 0 Å². The van der Waals surface area contributed by atoms with Gasteiger partial charge in [-0.3, -0.25) is 0 Å². The molecule has 0 spiro atoms. The molecular weight excluding hydrogens is 404 g/mol. The molecule has 0 amide bonds. The Bertz CT molecular complexity index is 681. The van der Waals surface area contributed by atoms with Crippen molar-refractivity contribution in [2.45, 2.75) is 97.4 Å². The van der Waals surface area contributed by atoms with Crippen molar-refractivity contribution >= 4 is 0 Å². The minimum Gasteiger partial charge on any atom is -0.374 e. The zero-order valence-corrected chi connectivity index (χ0v) is 22.2. The van der Waals surface area contributed by atoms with Crippen LogP contribution in [0.15, 0.2) is 48.6 Å². The van der Waals surface area contributed by atoms with Gasteiger partial charge in [0.15, 0.2) is 0 Å². The normalized spacial score (nSPS) is 34.6. The Morgan fingerprint density at radius 1 is 0.818 bits per heavy atom. The molecule has 2 saturated carbocycles. The van der Waals surface area contributed by atoms with Crippen LogP contribution in [0.1, 0.15) is 73.1 Å². The molecule has 3 nitrogen and oxygen atoms in total. The molecule has 0 N–H and O–H groups in total. The summed E-state index contributed by atoms with van der Waals surface area (Å²) in [4.78, 5) is 5.29. The summed E-state index contributed by atoms with van der Waals surface area (Å²) < 4.78 is 7.07. The van der Waals surface area contributed by atoms with E-state index in [1.807, 2.05) is 6.08 Å². The lowest BCUT2D eigenvalue weighted by Gasteiger charge is -2.55. The second kappa shape index (κ2) is 12.0. The molecule has 1 aliphatic heterocycles. The van der Waals surface area contributed by atoms with E-state index < -0.39 is 0 Å². The summed E-state index contributed by atoms with van der Waals surface area (Å²) in [5.74, 6) is 1.65. The second-order valence-electron chi connectivity index (χ2n) is 10.6. The van der Waals surface area contributed by atoms with Crippen LogP contribution in [0.5, 0.6) is 0 Å². The van der Waals surface area contributed by atoms with Crippen molar-refractivity contribution in [3.63, 3.8) is 0 Å². The molecule has 186 valence electrons. The lowest BCUT2D eigenvalue weighted by atomic mass is 9.60. The fourth-order valence-electron chi connectivity index (χ4n) is 7.33. The maximum absolute atomic E-state index is 7.07. The third kappa shape index (κ3) is 5.57. The summed E-state index contributed by atoms with van der Waals surface area (Å²) in [6.45, 7) is 28.6. The SMILES string of the molecule is C=C/C=C(\C(=C)C(=C)C)C1C2CCC(N(CC)CC)CC2OC2CC(N(CC)CC)CCC21. The summed E-state index contributed by atoms with van der Waals surface area (Å²) in [7, 11) is 0. The first-order valence-corrected chi connectivity index (χ1v) is 13.7. The Labute approximate surface area is 204 Å². The van der Waals surface area contributed by atoms with E-state index in [2.05, 4.69) is 70.2 Å². The Kier molecular flexibility index (Phi) is 9.62. The lowest BCUT2D eigenvalue weighted by molar-refractivity contribution is -0.178. The van der Waals surface area contributed by atoms with E-state index in [0.29, 0.717) is 42.0 Å². The highest BCUT2D eigenvalue weighted by atomic mass is 16.5. The van der Waals surface area contributed by atoms with Crippen LogP contribution in [0.2, 0.25) is 0 Å². The van der Waals surface area contributed by atoms with Crippen molar-refractivity contribution in [1.29, 1.82) is 0 Å². The van der Waals surface area contributed by atoms with Gasteiger partial charge in [-0.2, -0.15) is 0 Å². The molecule has 33 heavy (non-hydrogen) atoms. The summed E-state index contributed by atoms with van der Waals surface area (Å²) in [6, 6.07) is 1.30. The number of allylic oxidation sites excluding steroid dienone is 5. The molecule has 3 heteroatoms. The van der Waals surface area contributed by atoms with Crippen LogP contribution in [0.3, 0.4) is 0 Å². The fraction of sp³-hybridized carbons (Fsp3) is 0.733. The molecule has 3 aliphatic rings. The summed E-state index contributed by atoms with van der Waals surface area (Å²) in [5.41, 5.74) is 3.58. The van der Waals surface area contributed by atoms with Gasteiger partial charge >= 0.3 is 0 Å². The van der Waals surface area contributed by atoms with Gasteiger partial charge in [0.05, 0.1) is 12.2 Å². The van der Waals surface area contributed by atoms with Crippen LogP contribution in [-0.4, -0.2) is 60.3 Å². The molecule has 0 bridgehead atoms. The number of ether oxygens (including phenoxy) is 1. The largest absolute Gasteiger partial charge is 0.374 e. The van der Waals surface area contributed by atoms with Gasteiger partial charge in [-0.25, -0.2) is 0 Å². The number of hydrogen-bond acceptors (Lipinski definition) is 3. The van der Waals surface area contributed by atoms with Crippen LogP contribution in [0.25, 0.3) is 0 Å². The van der Waals surface area contributed by atoms with Crippen molar-refractivity contribution in [2.75, 3.05) is 26.2 Å². The first kappa shape index (κ1) is 26.4. The zero-order chi connectivity index (χ0) is 24.1. The molecule has 1 saturated heterocycles. The predicted molar refractivity (Wildman–Crippen MR) is 142 cm³/mol. The maximum Gasteiger partial charge on any atom is 0.0628 e. The van der Waals surface area contributed by atoms with Crippen molar-refractivity contribution in [1.82, 2.24) is 9.80 Å². The van der Waals surface area contributed by atoms with E-state index in [9.17, 15) is 0 Å². The molecule has 6 unspecified atom stereocenters. The first-order chi connectivity index (χ1) is 15.9. The van der Waals surface area contributed by atoms with Crippen LogP contribution in [0.4, 0.5) is 0 Å². The van der Waals surface area contributed by atoms with E-state index in [-0.39, 0.29) is 0 Å². The molecule has 0 aromatic heterocycles.